The predicted molar refractivity (Wildman–Crippen MR) is 126 cm³/mol. The molecule has 0 saturated carbocycles. The number of carbonyl (C=O) groups is 1. The molecular formula is C27H31F6NO3. The van der Waals surface area contributed by atoms with Crippen LogP contribution < -0.4 is 4.74 Å². The minimum Gasteiger partial charge on any atom is -0.481 e. The third kappa shape index (κ3) is 8.38. The van der Waals surface area contributed by atoms with Gasteiger partial charge in [-0.15, -0.1) is 13.2 Å². The van der Waals surface area contributed by atoms with Crippen molar-refractivity contribution in [3.8, 4) is 5.75 Å². The first kappa shape index (κ1) is 28.8. The number of piperidine rings is 1. The molecule has 0 aliphatic carbocycles. The summed E-state index contributed by atoms with van der Waals surface area (Å²) in [5.74, 6) is -1.06. The van der Waals surface area contributed by atoms with Crippen molar-refractivity contribution in [2.45, 2.75) is 70.6 Å². The SMILES string of the molecule is CC(C)CC[C@H](c1ccc(OC(F)(F)F)cc1)N1CC[C@@H](CC(=O)O)C[C@H]1c1ccc(C(F)(F)F)cc1. The van der Waals surface area contributed by atoms with E-state index < -0.39 is 24.1 Å². The van der Waals surface area contributed by atoms with Crippen molar-refractivity contribution in [2.75, 3.05) is 6.54 Å². The van der Waals surface area contributed by atoms with E-state index in [0.29, 0.717) is 37.3 Å². The van der Waals surface area contributed by atoms with Crippen molar-refractivity contribution in [1.29, 1.82) is 0 Å². The molecule has 0 aromatic heterocycles. The Morgan fingerprint density at radius 1 is 1.00 bits per heavy atom. The number of rotatable bonds is 9. The smallest absolute Gasteiger partial charge is 0.481 e. The molecule has 37 heavy (non-hydrogen) atoms. The van der Waals surface area contributed by atoms with E-state index in [2.05, 4.69) is 23.5 Å². The molecule has 1 fully saturated rings. The Morgan fingerprint density at radius 3 is 2.14 bits per heavy atom. The van der Waals surface area contributed by atoms with Crippen molar-refractivity contribution < 1.29 is 41.0 Å². The molecule has 204 valence electrons. The van der Waals surface area contributed by atoms with Gasteiger partial charge in [-0.25, -0.2) is 0 Å². The average Bonchev–Trinajstić information content (AvgIpc) is 2.79. The predicted octanol–water partition coefficient (Wildman–Crippen LogP) is 8.01. The maximum Gasteiger partial charge on any atom is 0.573 e. The monoisotopic (exact) mass is 531 g/mol. The highest BCUT2D eigenvalue weighted by molar-refractivity contribution is 5.67. The molecule has 4 nitrogen and oxygen atoms in total. The fourth-order valence-electron chi connectivity index (χ4n) is 4.99. The number of carboxylic acids is 1. The molecule has 2 aromatic rings. The molecule has 10 heteroatoms. The van der Waals surface area contributed by atoms with Crippen LogP contribution in [0.25, 0.3) is 0 Å². The van der Waals surface area contributed by atoms with Gasteiger partial charge in [0.1, 0.15) is 5.75 Å². The zero-order valence-electron chi connectivity index (χ0n) is 20.6. The second-order valence-electron chi connectivity index (χ2n) is 9.97. The summed E-state index contributed by atoms with van der Waals surface area (Å²) in [5.41, 5.74) is 0.649. The van der Waals surface area contributed by atoms with Gasteiger partial charge in [-0.1, -0.05) is 38.1 Å². The van der Waals surface area contributed by atoms with Gasteiger partial charge in [-0.2, -0.15) is 13.2 Å². The summed E-state index contributed by atoms with van der Waals surface area (Å²) in [4.78, 5) is 13.5. The van der Waals surface area contributed by atoms with Crippen LogP contribution in [0.4, 0.5) is 26.3 Å². The van der Waals surface area contributed by atoms with Gasteiger partial charge in [0.05, 0.1) is 5.56 Å². The molecule has 1 saturated heterocycles. The van der Waals surface area contributed by atoms with Gasteiger partial charge in [0.2, 0.25) is 0 Å². The van der Waals surface area contributed by atoms with E-state index in [-0.39, 0.29) is 30.2 Å². The molecule has 0 amide bonds. The van der Waals surface area contributed by atoms with E-state index >= 15 is 0 Å². The van der Waals surface area contributed by atoms with Crippen LogP contribution in [-0.4, -0.2) is 28.9 Å². The first-order valence-electron chi connectivity index (χ1n) is 12.2. The fraction of sp³-hybridized carbons (Fsp3) is 0.519. The highest BCUT2D eigenvalue weighted by Crippen LogP contribution is 2.43. The Kier molecular flexibility index (Phi) is 9.15. The third-order valence-corrected chi connectivity index (χ3v) is 6.75. The number of halogens is 6. The standard InChI is InChI=1S/C27H31F6NO3/c1-17(2)3-12-23(19-6-10-22(11-7-19)37-27(31,32)33)34-14-13-18(16-25(35)36)15-24(34)20-4-8-21(9-5-20)26(28,29)30/h4-11,17-18,23-24H,3,12-16H2,1-2H3,(H,35,36)/t18-,23-,24+/m1/s1. The minimum absolute atomic E-state index is 0.0366. The van der Waals surface area contributed by atoms with Crippen LogP contribution in [0.3, 0.4) is 0 Å². The molecule has 0 spiro atoms. The number of benzene rings is 2. The Morgan fingerprint density at radius 2 is 1.62 bits per heavy atom. The number of hydrogen-bond donors (Lipinski definition) is 1. The van der Waals surface area contributed by atoms with Crippen LogP contribution in [0, 0.1) is 11.8 Å². The maximum absolute atomic E-state index is 13.1. The average molecular weight is 532 g/mol. The lowest BCUT2D eigenvalue weighted by Crippen LogP contribution is -2.40. The molecule has 2 aromatic carbocycles. The van der Waals surface area contributed by atoms with Gasteiger partial charge in [0.25, 0.3) is 0 Å². The van der Waals surface area contributed by atoms with E-state index in [0.717, 1.165) is 24.1 Å². The first-order chi connectivity index (χ1) is 17.2. The highest BCUT2D eigenvalue weighted by atomic mass is 19.4. The molecule has 3 rings (SSSR count). The Labute approximate surface area is 212 Å². The molecule has 1 heterocycles. The number of carboxylic acid groups (broad SMARTS) is 1. The summed E-state index contributed by atoms with van der Waals surface area (Å²) in [6.07, 6.45) is -6.78. The lowest BCUT2D eigenvalue weighted by atomic mass is 9.82. The first-order valence-corrected chi connectivity index (χ1v) is 12.2. The van der Waals surface area contributed by atoms with Gasteiger partial charge in [-0.3, -0.25) is 9.69 Å². The van der Waals surface area contributed by atoms with E-state index in [4.69, 9.17) is 0 Å². The van der Waals surface area contributed by atoms with Crippen molar-refractivity contribution >= 4 is 5.97 Å². The van der Waals surface area contributed by atoms with Crippen LogP contribution in [0.15, 0.2) is 48.5 Å². The van der Waals surface area contributed by atoms with Gasteiger partial charge < -0.3 is 9.84 Å². The van der Waals surface area contributed by atoms with Crippen molar-refractivity contribution in [1.82, 2.24) is 4.90 Å². The number of aliphatic carboxylic acids is 1. The lowest BCUT2D eigenvalue weighted by Gasteiger charge is -2.44. The van der Waals surface area contributed by atoms with Crippen LogP contribution >= 0.6 is 0 Å². The summed E-state index contributed by atoms with van der Waals surface area (Å²) < 4.78 is 81.3. The molecule has 0 unspecified atom stereocenters. The molecule has 1 aliphatic rings. The van der Waals surface area contributed by atoms with Crippen LogP contribution in [-0.2, 0) is 11.0 Å². The van der Waals surface area contributed by atoms with Crippen molar-refractivity contribution in [2.24, 2.45) is 11.8 Å². The van der Waals surface area contributed by atoms with E-state index in [1.54, 1.807) is 12.1 Å². The molecule has 0 radical (unpaired) electrons. The zero-order valence-corrected chi connectivity index (χ0v) is 20.6. The van der Waals surface area contributed by atoms with Crippen LogP contribution in [0.5, 0.6) is 5.75 Å². The van der Waals surface area contributed by atoms with Gasteiger partial charge in [0, 0.05) is 18.5 Å². The fourth-order valence-corrected chi connectivity index (χ4v) is 4.99. The van der Waals surface area contributed by atoms with Crippen molar-refractivity contribution in [3.05, 3.63) is 65.2 Å². The number of nitrogens with zero attached hydrogens (tertiary/aromatic N) is 1. The largest absolute Gasteiger partial charge is 0.573 e. The van der Waals surface area contributed by atoms with Crippen molar-refractivity contribution in [3.63, 3.8) is 0 Å². The summed E-state index contributed by atoms with van der Waals surface area (Å²) in [6.45, 7) is 4.63. The molecule has 0 bridgehead atoms. The summed E-state index contributed by atoms with van der Waals surface area (Å²) in [7, 11) is 0. The van der Waals surface area contributed by atoms with E-state index in [1.165, 1.54) is 24.3 Å². The number of likely N-dealkylation sites (tertiary alicyclic amines) is 1. The Balaban J connectivity index is 1.96. The highest BCUT2D eigenvalue weighted by Gasteiger charge is 2.37. The zero-order chi connectivity index (χ0) is 27.4. The maximum atomic E-state index is 13.1. The van der Waals surface area contributed by atoms with Gasteiger partial charge in [0.15, 0.2) is 0 Å². The van der Waals surface area contributed by atoms with Gasteiger partial charge in [-0.05, 0) is 79.5 Å². The topological polar surface area (TPSA) is 49.8 Å². The van der Waals surface area contributed by atoms with Gasteiger partial charge >= 0.3 is 18.5 Å². The number of ether oxygens (including phenoxy) is 1. The number of alkyl halides is 6. The molecule has 3 atom stereocenters. The molecule has 1 N–H and O–H groups in total. The van der Waals surface area contributed by atoms with Crippen LogP contribution in [0.1, 0.15) is 74.7 Å². The van der Waals surface area contributed by atoms with E-state index in [1.807, 2.05) is 0 Å². The second-order valence-corrected chi connectivity index (χ2v) is 9.97. The second kappa shape index (κ2) is 11.8. The summed E-state index contributed by atoms with van der Waals surface area (Å²) in [6, 6.07) is 10.0. The minimum atomic E-state index is -4.81. The Hall–Kier alpha value is -2.75. The summed E-state index contributed by atoms with van der Waals surface area (Å²) >= 11 is 0. The summed E-state index contributed by atoms with van der Waals surface area (Å²) in [5, 5.41) is 9.32. The number of hydrogen-bond acceptors (Lipinski definition) is 3. The Bertz CT molecular complexity index is 1020. The quantitative estimate of drug-likeness (QED) is 0.333. The third-order valence-electron chi connectivity index (χ3n) is 6.75. The molecular weight excluding hydrogens is 500 g/mol. The molecule has 1 aliphatic heterocycles. The lowest BCUT2D eigenvalue weighted by molar-refractivity contribution is -0.274. The normalized spacial score (nSPS) is 20.1. The van der Waals surface area contributed by atoms with Crippen LogP contribution in [0.2, 0.25) is 0 Å². The van der Waals surface area contributed by atoms with E-state index in [9.17, 15) is 36.2 Å².